The summed E-state index contributed by atoms with van der Waals surface area (Å²) in [6, 6.07) is 8.73. The highest BCUT2D eigenvalue weighted by atomic mass is 15.2. The number of hydrogen-bond acceptors (Lipinski definition) is 0. The fraction of sp³-hybridized carbons (Fsp3) is 0.500. The van der Waals surface area contributed by atoms with Crippen molar-refractivity contribution in [2.75, 3.05) is 0 Å². The summed E-state index contributed by atoms with van der Waals surface area (Å²) in [5.41, 5.74) is 5.46. The topological polar surface area (TPSA) is 8.81 Å². The number of rotatable bonds is 2. The Labute approximate surface area is 122 Å². The standard InChI is InChI=1S/C18H25N2/c1-13-9-5-8-12-17(13)20-15(3)14(2)19(4)18(20)16-10-6-7-11-16/h5,8-9,12,16H,6-7,10-11H2,1-4H3/q+1. The first kappa shape index (κ1) is 13.4. The molecule has 0 aliphatic heterocycles. The zero-order valence-corrected chi connectivity index (χ0v) is 13.1. The van der Waals surface area contributed by atoms with Gasteiger partial charge in [0, 0.05) is 13.8 Å². The highest BCUT2D eigenvalue weighted by Crippen LogP contribution is 2.35. The molecule has 1 heterocycles. The first-order valence-corrected chi connectivity index (χ1v) is 7.75. The van der Waals surface area contributed by atoms with Gasteiger partial charge in [-0.15, -0.1) is 0 Å². The lowest BCUT2D eigenvalue weighted by Gasteiger charge is -2.10. The number of aryl methyl sites for hydroxylation is 1. The van der Waals surface area contributed by atoms with E-state index in [-0.39, 0.29) is 0 Å². The van der Waals surface area contributed by atoms with E-state index >= 15 is 0 Å². The maximum Gasteiger partial charge on any atom is 0.264 e. The second kappa shape index (κ2) is 5.08. The van der Waals surface area contributed by atoms with Crippen LogP contribution < -0.4 is 4.57 Å². The molecule has 0 N–H and O–H groups in total. The molecule has 2 nitrogen and oxygen atoms in total. The van der Waals surface area contributed by atoms with Gasteiger partial charge in [0.15, 0.2) is 0 Å². The molecule has 0 spiro atoms. The molecule has 1 aromatic heterocycles. The average Bonchev–Trinajstić information content (AvgIpc) is 3.03. The van der Waals surface area contributed by atoms with Gasteiger partial charge in [0.05, 0.1) is 13.0 Å². The molecule has 20 heavy (non-hydrogen) atoms. The number of imidazole rings is 1. The van der Waals surface area contributed by atoms with E-state index in [0.717, 1.165) is 0 Å². The lowest BCUT2D eigenvalue weighted by atomic mass is 10.1. The third-order valence-electron chi connectivity index (χ3n) is 5.01. The second-order valence-corrected chi connectivity index (χ2v) is 6.19. The van der Waals surface area contributed by atoms with Crippen LogP contribution in [0.1, 0.15) is 54.4 Å². The summed E-state index contributed by atoms with van der Waals surface area (Å²) < 4.78 is 4.92. The smallest absolute Gasteiger partial charge is 0.234 e. The first-order valence-electron chi connectivity index (χ1n) is 7.75. The van der Waals surface area contributed by atoms with Gasteiger partial charge in [-0.1, -0.05) is 31.0 Å². The van der Waals surface area contributed by atoms with E-state index in [4.69, 9.17) is 0 Å². The number of benzene rings is 1. The number of aromatic nitrogens is 2. The molecule has 3 rings (SSSR count). The highest BCUT2D eigenvalue weighted by molar-refractivity contribution is 5.43. The lowest BCUT2D eigenvalue weighted by Crippen LogP contribution is -2.36. The Morgan fingerprint density at radius 3 is 2.35 bits per heavy atom. The Morgan fingerprint density at radius 1 is 1.05 bits per heavy atom. The summed E-state index contributed by atoms with van der Waals surface area (Å²) >= 11 is 0. The Bertz CT molecular complexity index is 631. The van der Waals surface area contributed by atoms with Crippen molar-refractivity contribution >= 4 is 0 Å². The van der Waals surface area contributed by atoms with Gasteiger partial charge in [-0.2, -0.15) is 4.57 Å². The Balaban J connectivity index is 2.24. The van der Waals surface area contributed by atoms with Gasteiger partial charge in [-0.3, -0.25) is 0 Å². The minimum absolute atomic E-state index is 0.715. The molecule has 2 heteroatoms. The zero-order valence-electron chi connectivity index (χ0n) is 13.1. The number of hydrogen-bond donors (Lipinski definition) is 0. The van der Waals surface area contributed by atoms with E-state index < -0.39 is 0 Å². The molecule has 106 valence electrons. The van der Waals surface area contributed by atoms with Crippen LogP contribution in [-0.2, 0) is 7.05 Å². The van der Waals surface area contributed by atoms with Gasteiger partial charge >= 0.3 is 0 Å². The summed E-state index contributed by atoms with van der Waals surface area (Å²) in [7, 11) is 2.23. The summed E-state index contributed by atoms with van der Waals surface area (Å²) in [5.74, 6) is 2.21. The molecule has 1 aliphatic carbocycles. The maximum atomic E-state index is 2.50. The molecular weight excluding hydrogens is 244 g/mol. The van der Waals surface area contributed by atoms with Crippen LogP contribution in [-0.4, -0.2) is 4.57 Å². The third kappa shape index (κ3) is 1.98. The molecule has 1 aliphatic rings. The van der Waals surface area contributed by atoms with Gasteiger partial charge in [0.2, 0.25) is 0 Å². The predicted molar refractivity (Wildman–Crippen MR) is 82.4 cm³/mol. The van der Waals surface area contributed by atoms with Crippen molar-refractivity contribution in [1.82, 2.24) is 4.57 Å². The molecule has 0 radical (unpaired) electrons. The zero-order chi connectivity index (χ0) is 14.3. The van der Waals surface area contributed by atoms with E-state index in [1.165, 1.54) is 54.1 Å². The van der Waals surface area contributed by atoms with Crippen molar-refractivity contribution in [3.63, 3.8) is 0 Å². The fourth-order valence-corrected chi connectivity index (χ4v) is 3.66. The van der Waals surface area contributed by atoms with Crippen molar-refractivity contribution < 1.29 is 4.57 Å². The van der Waals surface area contributed by atoms with Crippen LogP contribution in [0.25, 0.3) is 5.69 Å². The molecule has 0 amide bonds. The van der Waals surface area contributed by atoms with Crippen molar-refractivity contribution in [3.05, 3.63) is 47.0 Å². The van der Waals surface area contributed by atoms with Crippen molar-refractivity contribution in [3.8, 4) is 5.69 Å². The van der Waals surface area contributed by atoms with Gasteiger partial charge in [-0.05, 0) is 31.4 Å². The van der Waals surface area contributed by atoms with Crippen LogP contribution in [0.15, 0.2) is 24.3 Å². The molecule has 2 aromatic rings. The summed E-state index contributed by atoms with van der Waals surface area (Å²) in [6.45, 7) is 6.70. The van der Waals surface area contributed by atoms with Gasteiger partial charge in [0.1, 0.15) is 17.1 Å². The van der Waals surface area contributed by atoms with Crippen LogP contribution >= 0.6 is 0 Å². The monoisotopic (exact) mass is 269 g/mol. The third-order valence-corrected chi connectivity index (χ3v) is 5.01. The fourth-order valence-electron chi connectivity index (χ4n) is 3.66. The van der Waals surface area contributed by atoms with E-state index in [1.807, 2.05) is 0 Å². The van der Waals surface area contributed by atoms with Gasteiger partial charge in [-0.25, -0.2) is 4.57 Å². The first-order chi connectivity index (χ1) is 9.61. The van der Waals surface area contributed by atoms with Crippen molar-refractivity contribution in [2.24, 2.45) is 7.05 Å². The normalized spacial score (nSPS) is 16.0. The molecule has 0 unspecified atom stereocenters. The SMILES string of the molecule is Cc1ccccc1-n1c(C)c(C)[n+](C)c1C1CCCC1. The van der Waals surface area contributed by atoms with Gasteiger partial charge in [0.25, 0.3) is 5.82 Å². The Kier molecular flexibility index (Phi) is 3.41. The van der Waals surface area contributed by atoms with Crippen LogP contribution in [0.4, 0.5) is 0 Å². The van der Waals surface area contributed by atoms with Crippen LogP contribution in [0.5, 0.6) is 0 Å². The summed E-state index contributed by atoms with van der Waals surface area (Å²) in [6.07, 6.45) is 5.43. The number of nitrogens with zero attached hydrogens (tertiary/aromatic N) is 2. The van der Waals surface area contributed by atoms with Crippen LogP contribution in [0.3, 0.4) is 0 Å². The van der Waals surface area contributed by atoms with E-state index in [2.05, 4.69) is 61.2 Å². The van der Waals surface area contributed by atoms with Gasteiger partial charge < -0.3 is 0 Å². The van der Waals surface area contributed by atoms with E-state index in [0.29, 0.717) is 5.92 Å². The average molecular weight is 269 g/mol. The minimum Gasteiger partial charge on any atom is -0.234 e. The minimum atomic E-state index is 0.715. The summed E-state index contributed by atoms with van der Waals surface area (Å²) in [5, 5.41) is 0. The van der Waals surface area contributed by atoms with E-state index in [9.17, 15) is 0 Å². The predicted octanol–water partition coefficient (Wildman–Crippen LogP) is 3.88. The quantitative estimate of drug-likeness (QED) is 0.732. The maximum absolute atomic E-state index is 2.50. The lowest BCUT2D eigenvalue weighted by molar-refractivity contribution is -0.685. The molecule has 0 atom stereocenters. The Hall–Kier alpha value is -1.57. The number of para-hydroxylation sites is 1. The Morgan fingerprint density at radius 2 is 1.70 bits per heavy atom. The van der Waals surface area contributed by atoms with Crippen molar-refractivity contribution in [1.29, 1.82) is 0 Å². The molecule has 1 saturated carbocycles. The van der Waals surface area contributed by atoms with E-state index in [1.54, 1.807) is 0 Å². The molecular formula is C18H25N2+. The van der Waals surface area contributed by atoms with Crippen molar-refractivity contribution in [2.45, 2.75) is 52.4 Å². The largest absolute Gasteiger partial charge is 0.264 e. The summed E-state index contributed by atoms with van der Waals surface area (Å²) in [4.78, 5) is 0. The van der Waals surface area contributed by atoms with Crippen LogP contribution in [0, 0.1) is 20.8 Å². The highest BCUT2D eigenvalue weighted by Gasteiger charge is 2.33. The second-order valence-electron chi connectivity index (χ2n) is 6.19. The molecule has 1 aromatic carbocycles. The molecule has 0 bridgehead atoms. The molecule has 0 saturated heterocycles. The van der Waals surface area contributed by atoms with Crippen LogP contribution in [0.2, 0.25) is 0 Å². The molecule has 1 fully saturated rings.